The Balaban J connectivity index is 2.66. The molecule has 8 heteroatoms. The predicted molar refractivity (Wildman–Crippen MR) is 64.2 cm³/mol. The lowest BCUT2D eigenvalue weighted by Gasteiger charge is -2.09. The Morgan fingerprint density at radius 2 is 2.21 bits per heavy atom. The van der Waals surface area contributed by atoms with Gasteiger partial charge in [-0.05, 0) is 6.07 Å². The zero-order valence-electron chi connectivity index (χ0n) is 9.57. The quantitative estimate of drug-likeness (QED) is 0.804. The highest BCUT2D eigenvalue weighted by molar-refractivity contribution is 6.31. The number of aromatic amines is 1. The van der Waals surface area contributed by atoms with Gasteiger partial charge in [-0.3, -0.25) is 5.10 Å². The van der Waals surface area contributed by atoms with Crippen LogP contribution in [0.3, 0.4) is 0 Å². The zero-order chi connectivity index (χ0) is 14.2. The summed E-state index contributed by atoms with van der Waals surface area (Å²) in [6, 6.07) is 2.19. The fraction of sp³-hybridized carbons (Fsp3) is 0.0909. The van der Waals surface area contributed by atoms with E-state index in [2.05, 4.69) is 10.2 Å². The third-order valence-corrected chi connectivity index (χ3v) is 2.72. The van der Waals surface area contributed by atoms with Crippen molar-refractivity contribution in [2.24, 2.45) is 0 Å². The molecule has 0 saturated heterocycles. The summed E-state index contributed by atoms with van der Waals surface area (Å²) in [7, 11) is 1.28. The van der Waals surface area contributed by atoms with Crippen LogP contribution in [0.2, 0.25) is 5.02 Å². The van der Waals surface area contributed by atoms with Crippen LogP contribution < -0.4 is 4.74 Å². The van der Waals surface area contributed by atoms with Gasteiger partial charge in [0, 0.05) is 6.07 Å². The molecule has 1 aromatic heterocycles. The van der Waals surface area contributed by atoms with Gasteiger partial charge in [-0.1, -0.05) is 11.6 Å². The minimum Gasteiger partial charge on any atom is -0.504 e. The Labute approximate surface area is 111 Å². The van der Waals surface area contributed by atoms with Crippen LogP contribution in [0.15, 0.2) is 12.1 Å². The smallest absolute Gasteiger partial charge is 0.353 e. The number of nitrogens with zero attached hydrogens (tertiary/aromatic N) is 1. The second-order valence-electron chi connectivity index (χ2n) is 3.57. The van der Waals surface area contributed by atoms with E-state index in [0.29, 0.717) is 0 Å². The van der Waals surface area contributed by atoms with Gasteiger partial charge in [0.2, 0.25) is 0 Å². The van der Waals surface area contributed by atoms with Crippen molar-refractivity contribution in [1.82, 2.24) is 10.2 Å². The van der Waals surface area contributed by atoms with Crippen LogP contribution in [-0.4, -0.2) is 33.5 Å². The molecule has 3 N–H and O–H groups in total. The fourth-order valence-electron chi connectivity index (χ4n) is 1.54. The number of aromatic nitrogens is 2. The van der Waals surface area contributed by atoms with Gasteiger partial charge in [-0.15, -0.1) is 0 Å². The number of H-pyrrole nitrogens is 1. The molecule has 0 spiro atoms. The molecule has 19 heavy (non-hydrogen) atoms. The van der Waals surface area contributed by atoms with Gasteiger partial charge >= 0.3 is 5.97 Å². The van der Waals surface area contributed by atoms with Gasteiger partial charge in [-0.2, -0.15) is 5.10 Å². The van der Waals surface area contributed by atoms with Crippen LogP contribution in [0, 0.1) is 5.82 Å². The first-order valence-corrected chi connectivity index (χ1v) is 5.37. The maximum absolute atomic E-state index is 13.9. The average molecular weight is 287 g/mol. The minimum absolute atomic E-state index is 0.0405. The lowest BCUT2D eigenvalue weighted by Crippen LogP contribution is -1.95. The molecule has 0 fully saturated rings. The molecule has 0 amide bonds. The van der Waals surface area contributed by atoms with Gasteiger partial charge in [-0.25, -0.2) is 9.18 Å². The van der Waals surface area contributed by atoms with E-state index in [0.717, 1.165) is 12.1 Å². The number of phenolic OH excluding ortho intramolecular Hbond substituents is 1. The largest absolute Gasteiger partial charge is 0.504 e. The van der Waals surface area contributed by atoms with Gasteiger partial charge in [0.25, 0.3) is 0 Å². The normalized spacial score (nSPS) is 10.5. The SMILES string of the molecule is COc1cc(Cl)c(F)c(-c2cc(C(=O)O)[nH]n2)c1O. The molecule has 2 aromatic rings. The van der Waals surface area contributed by atoms with E-state index in [1.165, 1.54) is 7.11 Å². The number of aromatic hydroxyl groups is 1. The van der Waals surface area contributed by atoms with Crippen molar-refractivity contribution in [2.45, 2.75) is 0 Å². The summed E-state index contributed by atoms with van der Waals surface area (Å²) in [6.07, 6.45) is 0. The summed E-state index contributed by atoms with van der Waals surface area (Å²) < 4.78 is 18.8. The molecule has 0 aliphatic heterocycles. The van der Waals surface area contributed by atoms with Crippen LogP contribution >= 0.6 is 11.6 Å². The van der Waals surface area contributed by atoms with Crippen molar-refractivity contribution in [1.29, 1.82) is 0 Å². The summed E-state index contributed by atoms with van der Waals surface area (Å²) in [5, 5.41) is 24.2. The lowest BCUT2D eigenvalue weighted by molar-refractivity contribution is 0.0690. The van der Waals surface area contributed by atoms with E-state index in [1.54, 1.807) is 0 Å². The van der Waals surface area contributed by atoms with Gasteiger partial charge in [0.05, 0.1) is 23.4 Å². The number of nitrogens with one attached hydrogen (secondary N) is 1. The molecule has 0 aliphatic rings. The zero-order valence-corrected chi connectivity index (χ0v) is 10.3. The second kappa shape index (κ2) is 4.77. The van der Waals surface area contributed by atoms with E-state index < -0.39 is 17.5 Å². The first-order valence-electron chi connectivity index (χ1n) is 4.99. The summed E-state index contributed by atoms with van der Waals surface area (Å²) in [4.78, 5) is 10.7. The third kappa shape index (κ3) is 2.19. The average Bonchev–Trinajstić information content (AvgIpc) is 2.83. The second-order valence-corrected chi connectivity index (χ2v) is 3.98. The Morgan fingerprint density at radius 3 is 2.74 bits per heavy atom. The number of hydrogen-bond acceptors (Lipinski definition) is 4. The van der Waals surface area contributed by atoms with Crippen LogP contribution in [0.1, 0.15) is 10.5 Å². The van der Waals surface area contributed by atoms with Crippen LogP contribution in [0.4, 0.5) is 4.39 Å². The highest BCUT2D eigenvalue weighted by Crippen LogP contribution is 2.41. The van der Waals surface area contributed by atoms with Crippen molar-refractivity contribution in [3.8, 4) is 22.8 Å². The first-order chi connectivity index (χ1) is 8.95. The standard InChI is InChI=1S/C11H8ClFN2O4/c1-19-7-2-4(12)9(13)8(10(7)16)5-3-6(11(17)18)15-14-5/h2-3,16H,1H3,(H,14,15)(H,17,18). The first kappa shape index (κ1) is 13.2. The Morgan fingerprint density at radius 1 is 1.53 bits per heavy atom. The van der Waals surface area contributed by atoms with E-state index in [9.17, 15) is 14.3 Å². The van der Waals surface area contributed by atoms with Crippen LogP contribution in [-0.2, 0) is 0 Å². The van der Waals surface area contributed by atoms with Crippen molar-refractivity contribution < 1.29 is 24.1 Å². The summed E-state index contributed by atoms with van der Waals surface area (Å²) >= 11 is 5.67. The number of hydrogen-bond donors (Lipinski definition) is 3. The summed E-state index contributed by atoms with van der Waals surface area (Å²) in [6.45, 7) is 0. The Kier molecular flexibility index (Phi) is 3.30. The molecule has 1 heterocycles. The number of carboxylic acids is 1. The molecule has 0 aliphatic carbocycles. The fourth-order valence-corrected chi connectivity index (χ4v) is 1.74. The van der Waals surface area contributed by atoms with Crippen molar-refractivity contribution in [3.63, 3.8) is 0 Å². The van der Waals surface area contributed by atoms with Crippen LogP contribution in [0.25, 0.3) is 11.3 Å². The van der Waals surface area contributed by atoms with Crippen LogP contribution in [0.5, 0.6) is 11.5 Å². The van der Waals surface area contributed by atoms with Gasteiger partial charge in [0.15, 0.2) is 17.3 Å². The van der Waals surface area contributed by atoms with E-state index in [1.807, 2.05) is 0 Å². The number of rotatable bonds is 3. The maximum atomic E-state index is 13.9. The molecule has 2 rings (SSSR count). The highest BCUT2D eigenvalue weighted by Gasteiger charge is 2.22. The number of ether oxygens (including phenoxy) is 1. The van der Waals surface area contributed by atoms with Gasteiger partial charge < -0.3 is 14.9 Å². The summed E-state index contributed by atoms with van der Waals surface area (Å²) in [5.74, 6) is -2.72. The Bertz CT molecular complexity index is 656. The molecule has 6 nitrogen and oxygen atoms in total. The molecule has 0 saturated carbocycles. The van der Waals surface area contributed by atoms with Crippen molar-refractivity contribution >= 4 is 17.6 Å². The van der Waals surface area contributed by atoms with E-state index >= 15 is 0 Å². The lowest BCUT2D eigenvalue weighted by atomic mass is 10.1. The number of methoxy groups -OCH3 is 1. The minimum atomic E-state index is -1.26. The highest BCUT2D eigenvalue weighted by atomic mass is 35.5. The molecular weight excluding hydrogens is 279 g/mol. The maximum Gasteiger partial charge on any atom is 0.353 e. The van der Waals surface area contributed by atoms with E-state index in [-0.39, 0.29) is 27.7 Å². The molecule has 0 radical (unpaired) electrons. The number of phenols is 1. The number of halogens is 2. The monoisotopic (exact) mass is 286 g/mol. The molecular formula is C11H8ClFN2O4. The molecule has 0 atom stereocenters. The molecule has 1 aromatic carbocycles. The number of benzene rings is 1. The number of aromatic carboxylic acids is 1. The predicted octanol–water partition coefficient (Wildman–Crippen LogP) is 2.28. The molecule has 0 unspecified atom stereocenters. The topological polar surface area (TPSA) is 95.4 Å². The van der Waals surface area contributed by atoms with Gasteiger partial charge in [0.1, 0.15) is 5.69 Å². The molecule has 100 valence electrons. The molecule has 0 bridgehead atoms. The third-order valence-electron chi connectivity index (χ3n) is 2.44. The summed E-state index contributed by atoms with van der Waals surface area (Å²) in [5.41, 5.74) is -0.658. The number of carbonyl (C=O) groups is 1. The van der Waals surface area contributed by atoms with Crippen molar-refractivity contribution in [3.05, 3.63) is 28.7 Å². The Hall–Kier alpha value is -2.28. The van der Waals surface area contributed by atoms with Crippen molar-refractivity contribution in [2.75, 3.05) is 7.11 Å². The van der Waals surface area contributed by atoms with E-state index in [4.69, 9.17) is 21.4 Å². The number of carboxylic acid groups (broad SMARTS) is 1.